The van der Waals surface area contributed by atoms with Gasteiger partial charge in [-0.05, 0) is 38.0 Å². The van der Waals surface area contributed by atoms with Crippen LogP contribution in [-0.2, 0) is 0 Å². The van der Waals surface area contributed by atoms with Crippen LogP contribution in [-0.4, -0.2) is 22.8 Å². The van der Waals surface area contributed by atoms with Gasteiger partial charge >= 0.3 is 5.97 Å². The molecule has 0 radical (unpaired) electrons. The number of ether oxygens (including phenoxy) is 1. The highest BCUT2D eigenvalue weighted by Gasteiger charge is 2.30. The number of aromatic carboxylic acids is 1. The first-order valence-corrected chi connectivity index (χ1v) is 6.05. The maximum absolute atomic E-state index is 11.4. The Labute approximate surface area is 105 Å². The van der Waals surface area contributed by atoms with E-state index in [1.807, 2.05) is 25.1 Å². The molecule has 4 nitrogen and oxygen atoms in total. The Hall–Kier alpha value is -1.97. The number of carboxylic acid groups (broad SMARTS) is 1. The van der Waals surface area contributed by atoms with E-state index in [4.69, 9.17) is 4.74 Å². The molecule has 2 aromatic rings. The maximum atomic E-state index is 11.4. The largest absolute Gasteiger partial charge is 0.497 e. The lowest BCUT2D eigenvalue weighted by atomic mass is 10.1. The van der Waals surface area contributed by atoms with E-state index in [9.17, 15) is 9.90 Å². The number of hydrogen-bond donors (Lipinski definition) is 1. The number of nitrogens with zero attached hydrogens (tertiary/aromatic N) is 1. The van der Waals surface area contributed by atoms with E-state index < -0.39 is 5.97 Å². The van der Waals surface area contributed by atoms with E-state index in [2.05, 4.69) is 4.57 Å². The molecule has 0 saturated heterocycles. The lowest BCUT2D eigenvalue weighted by molar-refractivity contribution is 0.0698. The molecule has 1 fully saturated rings. The summed E-state index contributed by atoms with van der Waals surface area (Å²) in [5, 5.41) is 10.2. The Kier molecular flexibility index (Phi) is 2.33. The molecule has 1 saturated carbocycles. The van der Waals surface area contributed by atoms with Crippen molar-refractivity contribution in [2.24, 2.45) is 0 Å². The van der Waals surface area contributed by atoms with Gasteiger partial charge in [0.25, 0.3) is 0 Å². The van der Waals surface area contributed by atoms with E-state index in [-0.39, 0.29) is 0 Å². The third kappa shape index (κ3) is 1.49. The Morgan fingerprint density at radius 1 is 1.44 bits per heavy atom. The molecular weight excluding hydrogens is 230 g/mol. The van der Waals surface area contributed by atoms with Gasteiger partial charge < -0.3 is 14.4 Å². The summed E-state index contributed by atoms with van der Waals surface area (Å²) in [5.74, 6) is -0.178. The lowest BCUT2D eigenvalue weighted by Gasteiger charge is -2.06. The number of hydrogen-bond acceptors (Lipinski definition) is 2. The van der Waals surface area contributed by atoms with Crippen LogP contribution in [0.5, 0.6) is 5.75 Å². The molecule has 1 heterocycles. The second-order valence-electron chi connectivity index (χ2n) is 4.75. The van der Waals surface area contributed by atoms with Crippen LogP contribution in [0.3, 0.4) is 0 Å². The Morgan fingerprint density at radius 3 is 2.72 bits per heavy atom. The number of carbonyl (C=O) groups is 1. The van der Waals surface area contributed by atoms with Crippen molar-refractivity contribution in [1.29, 1.82) is 0 Å². The molecular formula is C14H15NO3. The van der Waals surface area contributed by atoms with Gasteiger partial charge in [-0.25, -0.2) is 4.79 Å². The number of fused-ring (bicyclic) bond motifs is 1. The van der Waals surface area contributed by atoms with E-state index >= 15 is 0 Å². The second-order valence-corrected chi connectivity index (χ2v) is 4.75. The highest BCUT2D eigenvalue weighted by Crippen LogP contribution is 2.41. The zero-order valence-electron chi connectivity index (χ0n) is 10.4. The van der Waals surface area contributed by atoms with Crippen LogP contribution in [0.1, 0.15) is 34.9 Å². The molecule has 1 aromatic heterocycles. The van der Waals surface area contributed by atoms with Crippen LogP contribution in [0.25, 0.3) is 10.9 Å². The van der Waals surface area contributed by atoms with Crippen LogP contribution in [0.4, 0.5) is 0 Å². The monoisotopic (exact) mass is 245 g/mol. The molecule has 94 valence electrons. The fourth-order valence-corrected chi connectivity index (χ4v) is 2.62. The third-order valence-electron chi connectivity index (χ3n) is 3.58. The molecule has 1 aromatic carbocycles. The minimum absolute atomic E-state index is 0.399. The van der Waals surface area contributed by atoms with Crippen LogP contribution in [0.15, 0.2) is 18.2 Å². The summed E-state index contributed by atoms with van der Waals surface area (Å²) in [6.07, 6.45) is 2.27. The van der Waals surface area contributed by atoms with Crippen molar-refractivity contribution >= 4 is 16.9 Å². The highest BCUT2D eigenvalue weighted by atomic mass is 16.5. The molecule has 1 aliphatic carbocycles. The SMILES string of the molecule is COc1ccc2c(c1)c(C(=O)O)c(C)n2C1CC1. The smallest absolute Gasteiger partial charge is 0.338 e. The molecule has 0 atom stereocenters. The van der Waals surface area contributed by atoms with Gasteiger partial charge in [0, 0.05) is 22.6 Å². The maximum Gasteiger partial charge on any atom is 0.338 e. The van der Waals surface area contributed by atoms with Gasteiger partial charge in [0.05, 0.1) is 12.7 Å². The van der Waals surface area contributed by atoms with Crippen molar-refractivity contribution in [1.82, 2.24) is 4.57 Å². The fraction of sp³-hybridized carbons (Fsp3) is 0.357. The van der Waals surface area contributed by atoms with Crippen molar-refractivity contribution in [3.63, 3.8) is 0 Å². The predicted octanol–water partition coefficient (Wildman–Crippen LogP) is 2.99. The fourth-order valence-electron chi connectivity index (χ4n) is 2.62. The summed E-state index contributed by atoms with van der Waals surface area (Å²) in [4.78, 5) is 11.4. The molecule has 0 unspecified atom stereocenters. The molecule has 18 heavy (non-hydrogen) atoms. The first kappa shape index (κ1) is 11.1. The molecule has 4 heteroatoms. The zero-order chi connectivity index (χ0) is 12.9. The average molecular weight is 245 g/mol. The van der Waals surface area contributed by atoms with Gasteiger partial charge in [0.2, 0.25) is 0 Å². The molecule has 0 bridgehead atoms. The first-order chi connectivity index (χ1) is 8.63. The van der Waals surface area contributed by atoms with E-state index in [1.54, 1.807) is 7.11 Å². The average Bonchev–Trinajstić information content (AvgIpc) is 3.11. The van der Waals surface area contributed by atoms with Gasteiger partial charge in [-0.15, -0.1) is 0 Å². The molecule has 3 rings (SSSR count). The summed E-state index contributed by atoms with van der Waals surface area (Å²) in [7, 11) is 1.59. The van der Waals surface area contributed by atoms with E-state index in [1.165, 1.54) is 0 Å². The zero-order valence-corrected chi connectivity index (χ0v) is 10.4. The second kappa shape index (κ2) is 3.77. The standard InChI is InChI=1S/C14H15NO3/c1-8-13(14(16)17)11-7-10(18-2)5-6-12(11)15(8)9-3-4-9/h5-7,9H,3-4H2,1-2H3,(H,16,17). The number of methoxy groups -OCH3 is 1. The minimum atomic E-state index is -0.870. The minimum Gasteiger partial charge on any atom is -0.497 e. The van der Waals surface area contributed by atoms with Gasteiger partial charge in [-0.2, -0.15) is 0 Å². The number of rotatable bonds is 3. The summed E-state index contributed by atoms with van der Waals surface area (Å²) in [6, 6.07) is 6.11. The normalized spacial score (nSPS) is 15.0. The van der Waals surface area contributed by atoms with Crippen molar-refractivity contribution in [2.75, 3.05) is 7.11 Å². The number of benzene rings is 1. The molecule has 1 aliphatic rings. The molecule has 0 amide bonds. The summed E-state index contributed by atoms with van der Waals surface area (Å²) in [5.41, 5.74) is 2.23. The predicted molar refractivity (Wildman–Crippen MR) is 68.5 cm³/mol. The molecule has 0 spiro atoms. The van der Waals surface area contributed by atoms with Crippen LogP contribution < -0.4 is 4.74 Å². The van der Waals surface area contributed by atoms with Crippen molar-refractivity contribution in [3.8, 4) is 5.75 Å². The first-order valence-electron chi connectivity index (χ1n) is 6.05. The van der Waals surface area contributed by atoms with E-state index in [0.717, 1.165) is 29.4 Å². The van der Waals surface area contributed by atoms with Crippen molar-refractivity contribution in [2.45, 2.75) is 25.8 Å². The van der Waals surface area contributed by atoms with Gasteiger partial charge in [0.15, 0.2) is 0 Å². The quantitative estimate of drug-likeness (QED) is 0.904. The topological polar surface area (TPSA) is 51.5 Å². The Balaban J connectivity index is 2.35. The summed E-state index contributed by atoms with van der Waals surface area (Å²) >= 11 is 0. The van der Waals surface area contributed by atoms with Crippen LogP contribution >= 0.6 is 0 Å². The molecule has 0 aliphatic heterocycles. The van der Waals surface area contributed by atoms with Gasteiger partial charge in [-0.1, -0.05) is 0 Å². The lowest BCUT2D eigenvalue weighted by Crippen LogP contribution is -2.01. The molecule has 1 N–H and O–H groups in total. The summed E-state index contributed by atoms with van der Waals surface area (Å²) < 4.78 is 7.33. The number of carboxylic acids is 1. The summed E-state index contributed by atoms with van der Waals surface area (Å²) in [6.45, 7) is 1.88. The van der Waals surface area contributed by atoms with Gasteiger partial charge in [-0.3, -0.25) is 0 Å². The van der Waals surface area contributed by atoms with Crippen LogP contribution in [0.2, 0.25) is 0 Å². The van der Waals surface area contributed by atoms with Crippen LogP contribution in [0, 0.1) is 6.92 Å². The highest BCUT2D eigenvalue weighted by molar-refractivity contribution is 6.05. The van der Waals surface area contributed by atoms with Gasteiger partial charge in [0.1, 0.15) is 5.75 Å². The Morgan fingerprint density at radius 2 is 2.17 bits per heavy atom. The number of aromatic nitrogens is 1. The van der Waals surface area contributed by atoms with E-state index in [0.29, 0.717) is 17.4 Å². The third-order valence-corrected chi connectivity index (χ3v) is 3.58. The van der Waals surface area contributed by atoms with Crippen molar-refractivity contribution in [3.05, 3.63) is 29.5 Å². The van der Waals surface area contributed by atoms with Crippen molar-refractivity contribution < 1.29 is 14.6 Å². The Bertz CT molecular complexity index is 638.